The summed E-state index contributed by atoms with van der Waals surface area (Å²) in [6, 6.07) is 3.11. The van der Waals surface area contributed by atoms with Crippen LogP contribution in [0.5, 0.6) is 5.75 Å². The van der Waals surface area contributed by atoms with Crippen molar-refractivity contribution in [3.05, 3.63) is 39.5 Å². The number of furan rings is 1. The number of aryl methyl sites for hydroxylation is 1. The van der Waals surface area contributed by atoms with Crippen molar-refractivity contribution in [3.63, 3.8) is 0 Å². The van der Waals surface area contributed by atoms with E-state index < -0.39 is 5.97 Å². The predicted octanol–water partition coefficient (Wildman–Crippen LogP) is 2.29. The normalized spacial score (nSPS) is 10.3. The van der Waals surface area contributed by atoms with Gasteiger partial charge >= 0.3 is 5.97 Å². The van der Waals surface area contributed by atoms with E-state index in [-0.39, 0.29) is 18.0 Å². The number of thiophene rings is 1. The van der Waals surface area contributed by atoms with Crippen LogP contribution in [0, 0.1) is 6.92 Å². The third-order valence-electron chi connectivity index (χ3n) is 2.68. The maximum atomic E-state index is 11.9. The summed E-state index contributed by atoms with van der Waals surface area (Å²) in [5.41, 5.74) is 0.1000. The number of aromatic carboxylic acids is 1. The third-order valence-corrected chi connectivity index (χ3v) is 3.57. The molecule has 2 N–H and O–H groups in total. The maximum Gasteiger partial charge on any atom is 0.339 e. The van der Waals surface area contributed by atoms with E-state index >= 15 is 0 Å². The zero-order valence-corrected chi connectivity index (χ0v) is 11.7. The van der Waals surface area contributed by atoms with Crippen LogP contribution in [-0.4, -0.2) is 24.1 Å². The van der Waals surface area contributed by atoms with Gasteiger partial charge < -0.3 is 19.6 Å². The molecule has 0 radical (unpaired) electrons. The van der Waals surface area contributed by atoms with Crippen molar-refractivity contribution in [1.29, 1.82) is 0 Å². The first-order valence-electron chi connectivity index (χ1n) is 5.75. The van der Waals surface area contributed by atoms with Crippen molar-refractivity contribution in [2.24, 2.45) is 0 Å². The van der Waals surface area contributed by atoms with Crippen LogP contribution in [-0.2, 0) is 6.54 Å². The number of methoxy groups -OCH3 is 1. The van der Waals surface area contributed by atoms with Crippen molar-refractivity contribution in [3.8, 4) is 5.75 Å². The van der Waals surface area contributed by atoms with Gasteiger partial charge in [0.2, 0.25) is 0 Å². The van der Waals surface area contributed by atoms with E-state index in [1.807, 2.05) is 0 Å². The summed E-state index contributed by atoms with van der Waals surface area (Å²) in [4.78, 5) is 23.3. The Hall–Kier alpha value is -2.28. The van der Waals surface area contributed by atoms with E-state index in [9.17, 15) is 9.59 Å². The molecule has 2 rings (SSSR count). The lowest BCUT2D eigenvalue weighted by molar-refractivity contribution is 0.0694. The predicted molar refractivity (Wildman–Crippen MR) is 72.4 cm³/mol. The van der Waals surface area contributed by atoms with E-state index in [1.54, 1.807) is 18.4 Å². The number of hydrogen-bond donors (Lipinski definition) is 2. The van der Waals surface area contributed by atoms with Crippen molar-refractivity contribution in [2.45, 2.75) is 13.5 Å². The van der Waals surface area contributed by atoms with Gasteiger partial charge in [0.15, 0.2) is 0 Å². The lowest BCUT2D eigenvalue weighted by Gasteiger charge is -2.03. The fraction of sp³-hybridized carbons (Fsp3) is 0.231. The highest BCUT2D eigenvalue weighted by Gasteiger charge is 2.16. The summed E-state index contributed by atoms with van der Waals surface area (Å²) in [6.45, 7) is 1.69. The number of hydrogen-bond acceptors (Lipinski definition) is 5. The second kappa shape index (κ2) is 5.79. The van der Waals surface area contributed by atoms with Crippen LogP contribution in [0.4, 0.5) is 0 Å². The molecular formula is C13H13NO5S. The van der Waals surface area contributed by atoms with Crippen LogP contribution in [0.1, 0.15) is 31.6 Å². The van der Waals surface area contributed by atoms with Crippen LogP contribution in [0.3, 0.4) is 0 Å². The molecule has 0 spiro atoms. The van der Waals surface area contributed by atoms with Gasteiger partial charge in [-0.05, 0) is 24.4 Å². The fourth-order valence-electron chi connectivity index (χ4n) is 1.71. The van der Waals surface area contributed by atoms with E-state index in [4.69, 9.17) is 14.3 Å². The zero-order chi connectivity index (χ0) is 14.7. The van der Waals surface area contributed by atoms with Gasteiger partial charge in [-0.15, -0.1) is 11.3 Å². The smallest absolute Gasteiger partial charge is 0.339 e. The van der Waals surface area contributed by atoms with Gasteiger partial charge in [-0.2, -0.15) is 0 Å². The molecule has 0 unspecified atom stereocenters. The highest BCUT2D eigenvalue weighted by Crippen LogP contribution is 2.24. The SMILES string of the molecule is COc1ccsc1C(=O)NCc1cc(C(=O)O)c(C)o1. The minimum absolute atomic E-state index is 0.1000. The lowest BCUT2D eigenvalue weighted by atomic mass is 10.2. The molecule has 2 aromatic rings. The number of carboxylic acids is 1. The Balaban J connectivity index is 2.04. The van der Waals surface area contributed by atoms with E-state index in [0.717, 1.165) is 0 Å². The minimum Gasteiger partial charge on any atom is -0.495 e. The maximum absolute atomic E-state index is 11.9. The minimum atomic E-state index is -1.05. The molecule has 1 amide bonds. The van der Waals surface area contributed by atoms with E-state index in [0.29, 0.717) is 22.1 Å². The molecule has 7 heteroatoms. The molecule has 106 valence electrons. The molecule has 6 nitrogen and oxygen atoms in total. The number of carbonyl (C=O) groups is 2. The lowest BCUT2D eigenvalue weighted by Crippen LogP contribution is -2.22. The molecule has 0 bridgehead atoms. The van der Waals surface area contributed by atoms with E-state index in [2.05, 4.69) is 5.32 Å². The molecule has 0 atom stereocenters. The van der Waals surface area contributed by atoms with Crippen molar-refractivity contribution in [2.75, 3.05) is 7.11 Å². The molecule has 0 aliphatic carbocycles. The monoisotopic (exact) mass is 295 g/mol. The molecule has 2 heterocycles. The molecule has 0 saturated heterocycles. The van der Waals surface area contributed by atoms with Gasteiger partial charge in [-0.25, -0.2) is 4.79 Å². The Morgan fingerprint density at radius 3 is 2.85 bits per heavy atom. The van der Waals surface area contributed by atoms with Crippen LogP contribution in [0.15, 0.2) is 21.9 Å². The fourth-order valence-corrected chi connectivity index (χ4v) is 2.49. The van der Waals surface area contributed by atoms with E-state index in [1.165, 1.54) is 24.5 Å². The summed E-state index contributed by atoms with van der Waals surface area (Å²) in [5, 5.41) is 13.3. The number of nitrogens with one attached hydrogen (secondary N) is 1. The summed E-state index contributed by atoms with van der Waals surface area (Å²) < 4.78 is 10.3. The Labute approximate surface area is 119 Å². The first-order valence-corrected chi connectivity index (χ1v) is 6.63. The number of ether oxygens (including phenoxy) is 1. The topological polar surface area (TPSA) is 88.8 Å². The summed E-state index contributed by atoms with van der Waals surface area (Å²) in [6.07, 6.45) is 0. The zero-order valence-electron chi connectivity index (χ0n) is 10.9. The van der Waals surface area contributed by atoms with Crippen LogP contribution < -0.4 is 10.1 Å². The molecule has 0 aliphatic rings. The molecule has 0 aromatic carbocycles. The Morgan fingerprint density at radius 2 is 2.25 bits per heavy atom. The van der Waals surface area contributed by atoms with Gasteiger partial charge in [0.1, 0.15) is 27.7 Å². The number of rotatable bonds is 5. The summed E-state index contributed by atoms with van der Waals surface area (Å²) in [7, 11) is 1.49. The number of carboxylic acid groups (broad SMARTS) is 1. The van der Waals surface area contributed by atoms with Crippen LogP contribution in [0.2, 0.25) is 0 Å². The molecule has 0 aliphatic heterocycles. The number of amides is 1. The quantitative estimate of drug-likeness (QED) is 0.883. The second-order valence-electron chi connectivity index (χ2n) is 3.99. The average Bonchev–Trinajstić information content (AvgIpc) is 3.01. The largest absolute Gasteiger partial charge is 0.495 e. The van der Waals surface area contributed by atoms with Gasteiger partial charge in [0.25, 0.3) is 5.91 Å². The Morgan fingerprint density at radius 1 is 1.50 bits per heavy atom. The first-order chi connectivity index (χ1) is 9.52. The number of carbonyl (C=O) groups excluding carboxylic acids is 1. The average molecular weight is 295 g/mol. The second-order valence-corrected chi connectivity index (χ2v) is 4.90. The molecule has 2 aromatic heterocycles. The summed E-state index contributed by atoms with van der Waals surface area (Å²) >= 11 is 1.27. The third kappa shape index (κ3) is 2.83. The van der Waals surface area contributed by atoms with Gasteiger partial charge in [0.05, 0.1) is 13.7 Å². The van der Waals surface area contributed by atoms with Crippen LogP contribution >= 0.6 is 11.3 Å². The van der Waals surface area contributed by atoms with Gasteiger partial charge in [0, 0.05) is 0 Å². The standard InChI is InChI=1S/C13H13NO5S/c1-7-9(13(16)17)5-8(19-7)6-14-12(15)11-10(18-2)3-4-20-11/h3-5H,6H2,1-2H3,(H,14,15)(H,16,17). The van der Waals surface area contributed by atoms with Gasteiger partial charge in [-0.1, -0.05) is 0 Å². The molecule has 0 saturated carbocycles. The highest BCUT2D eigenvalue weighted by molar-refractivity contribution is 7.12. The van der Waals surface area contributed by atoms with Crippen molar-refractivity contribution in [1.82, 2.24) is 5.32 Å². The van der Waals surface area contributed by atoms with Crippen LogP contribution in [0.25, 0.3) is 0 Å². The molecular weight excluding hydrogens is 282 g/mol. The van der Waals surface area contributed by atoms with Gasteiger partial charge in [-0.3, -0.25) is 4.79 Å². The highest BCUT2D eigenvalue weighted by atomic mass is 32.1. The molecule has 0 fully saturated rings. The first kappa shape index (κ1) is 14.1. The Bertz CT molecular complexity index is 643. The van der Waals surface area contributed by atoms with Crippen molar-refractivity contribution < 1.29 is 23.8 Å². The Kier molecular flexibility index (Phi) is 4.09. The van der Waals surface area contributed by atoms with Crippen molar-refractivity contribution >= 4 is 23.2 Å². The summed E-state index contributed by atoms with van der Waals surface area (Å²) in [5.74, 6) is -0.125. The molecule has 20 heavy (non-hydrogen) atoms.